The van der Waals surface area contributed by atoms with Crippen LogP contribution in [0.5, 0.6) is 28.7 Å². The number of fused-ring (bicyclic) bond motifs is 11. The van der Waals surface area contributed by atoms with E-state index in [2.05, 4.69) is 34.2 Å². The molecule has 4 aromatic rings. The Hall–Kier alpha value is -4.98. The third-order valence-corrected chi connectivity index (χ3v) is 15.5. The fourth-order valence-electron chi connectivity index (χ4n) is 11.9. The second-order valence-corrected chi connectivity index (χ2v) is 18.1. The summed E-state index contributed by atoms with van der Waals surface area (Å²) in [7, 11) is 1.56. The standard InChI is InChI=1S/C43H43N5O9S/c1-19-10-25-28(33(50)34(19)52-5)31-32-38-30-29(37-36(54-18-55-37)20(2)35(30)56-21(3)49)26(48(32)42(15-45)14-41(25,4)47(31)16-42)13-53-40(51)43(17-58-38)39-24(11-22(12-44)46-43)23-8-6-7-9-27(23)57-39/h6-10,22,26,31-32,38,46,50H,11-14,16-18,44H2,1-5H3/t22-,26?,31+,32?,38-,41?,42-,43-/m1/s1. The van der Waals surface area contributed by atoms with Crippen LogP contribution in [-0.2, 0) is 31.8 Å². The number of ether oxygens (including phenoxy) is 5. The summed E-state index contributed by atoms with van der Waals surface area (Å²) in [5.74, 6) is 1.33. The molecule has 8 atom stereocenters. The summed E-state index contributed by atoms with van der Waals surface area (Å²) in [5, 5.41) is 27.7. The van der Waals surface area contributed by atoms with Crippen molar-refractivity contribution in [1.82, 2.24) is 15.1 Å². The Labute approximate surface area is 338 Å². The molecule has 0 radical (unpaired) electrons. The molecule has 3 saturated heterocycles. The average Bonchev–Trinajstić information content (AvgIpc) is 3.96. The van der Waals surface area contributed by atoms with Gasteiger partial charge in [-0.05, 0) is 50.5 Å². The zero-order valence-electron chi connectivity index (χ0n) is 32.8. The van der Waals surface area contributed by atoms with Gasteiger partial charge in [0.2, 0.25) is 6.79 Å². The number of carbonyl (C=O) groups excluding carboxylic acids is 2. The van der Waals surface area contributed by atoms with E-state index in [0.717, 1.165) is 27.6 Å². The van der Waals surface area contributed by atoms with E-state index in [1.54, 1.807) is 7.11 Å². The lowest BCUT2D eigenvalue weighted by Crippen LogP contribution is -2.67. The Kier molecular flexibility index (Phi) is 7.50. The average molecular weight is 806 g/mol. The van der Waals surface area contributed by atoms with Crippen LogP contribution in [0.4, 0.5) is 0 Å². The molecule has 3 fully saturated rings. The van der Waals surface area contributed by atoms with Gasteiger partial charge in [-0.3, -0.25) is 19.9 Å². The smallest absolute Gasteiger partial charge is 0.335 e. The number of piperazine rings is 1. The quantitative estimate of drug-likeness (QED) is 0.190. The fraction of sp³-hybridized carbons (Fsp3) is 0.465. The lowest BCUT2D eigenvalue weighted by molar-refractivity contribution is -0.158. The largest absolute Gasteiger partial charge is 0.504 e. The number of aromatic hydroxyl groups is 1. The number of para-hydroxylation sites is 1. The highest BCUT2D eigenvalue weighted by Gasteiger charge is 2.72. The second kappa shape index (κ2) is 12.0. The SMILES string of the molecule is COc1c(C)cc2c(c1O)[C@H]1C3[C@@H]4SC[C@]5(N[C@@H](CN)Cc6c5oc5ccccc65)C(=O)OCC(c5c6c(c(C)c(OC(C)=O)c54)OCO6)N3[C@]3(C#N)CN1C2(C)C3. The number of nitrogens with one attached hydrogen (secondary N) is 1. The van der Waals surface area contributed by atoms with Gasteiger partial charge in [0.05, 0.1) is 30.5 Å². The van der Waals surface area contributed by atoms with Crippen molar-refractivity contribution in [2.45, 2.75) is 86.6 Å². The Morgan fingerprint density at radius 3 is 2.71 bits per heavy atom. The molecule has 12 rings (SSSR count). The van der Waals surface area contributed by atoms with Crippen molar-refractivity contribution in [1.29, 1.82) is 5.26 Å². The first-order valence-electron chi connectivity index (χ1n) is 19.7. The van der Waals surface area contributed by atoms with Crippen molar-refractivity contribution in [3.63, 3.8) is 0 Å². The van der Waals surface area contributed by atoms with Crippen molar-refractivity contribution in [3.8, 4) is 34.8 Å². The summed E-state index contributed by atoms with van der Waals surface area (Å²) in [6.45, 7) is 7.71. The van der Waals surface area contributed by atoms with Gasteiger partial charge in [-0.15, -0.1) is 11.8 Å². The van der Waals surface area contributed by atoms with Crippen LogP contribution in [0.25, 0.3) is 11.0 Å². The fourth-order valence-corrected chi connectivity index (χ4v) is 13.5. The maximum absolute atomic E-state index is 15.1. The Balaban J connectivity index is 1.20. The van der Waals surface area contributed by atoms with Crippen LogP contribution in [0.15, 0.2) is 34.7 Å². The van der Waals surface area contributed by atoms with Crippen LogP contribution in [0.2, 0.25) is 0 Å². The molecular formula is C43H43N5O9S. The van der Waals surface area contributed by atoms with E-state index in [1.807, 2.05) is 38.1 Å². The molecule has 8 aliphatic rings. The number of phenolic OH excluding ortho intramolecular Hbond substituents is 1. The number of rotatable bonds is 3. The van der Waals surface area contributed by atoms with Gasteiger partial charge in [0.1, 0.15) is 29.2 Å². The maximum Gasteiger partial charge on any atom is 0.335 e. The summed E-state index contributed by atoms with van der Waals surface area (Å²) in [4.78, 5) is 32.8. The number of furan rings is 1. The number of hydrogen-bond donors (Lipinski definition) is 3. The van der Waals surface area contributed by atoms with Crippen LogP contribution in [0.3, 0.4) is 0 Å². The highest BCUT2D eigenvalue weighted by molar-refractivity contribution is 7.99. The number of nitriles is 1. The van der Waals surface area contributed by atoms with Gasteiger partial charge in [-0.25, -0.2) is 4.79 Å². The minimum Gasteiger partial charge on any atom is -0.504 e. The van der Waals surface area contributed by atoms with Gasteiger partial charge >= 0.3 is 11.9 Å². The topological polar surface area (TPSA) is 182 Å². The number of phenols is 1. The summed E-state index contributed by atoms with van der Waals surface area (Å²) in [5.41, 5.74) is 9.29. The van der Waals surface area contributed by atoms with Crippen molar-refractivity contribution in [2.24, 2.45) is 5.73 Å². The van der Waals surface area contributed by atoms with Gasteiger partial charge in [-0.1, -0.05) is 18.2 Å². The van der Waals surface area contributed by atoms with E-state index in [4.69, 9.17) is 33.8 Å². The molecule has 0 saturated carbocycles. The van der Waals surface area contributed by atoms with Gasteiger partial charge < -0.3 is 38.9 Å². The molecule has 4 N–H and O–H groups in total. The zero-order chi connectivity index (χ0) is 40.2. The number of nitrogens with zero attached hydrogens (tertiary/aromatic N) is 3. The van der Waals surface area contributed by atoms with E-state index in [9.17, 15) is 15.2 Å². The molecule has 3 aromatic carbocycles. The first kappa shape index (κ1) is 36.1. The van der Waals surface area contributed by atoms with Crippen molar-refractivity contribution in [3.05, 3.63) is 75.0 Å². The first-order valence-corrected chi connectivity index (χ1v) is 20.8. The Bertz CT molecular complexity index is 2570. The number of thioether (sulfide) groups is 1. The molecule has 3 unspecified atom stereocenters. The predicted molar refractivity (Wildman–Crippen MR) is 210 cm³/mol. The van der Waals surface area contributed by atoms with E-state index in [1.165, 1.54) is 18.7 Å². The van der Waals surface area contributed by atoms with Gasteiger partial charge in [-0.2, -0.15) is 5.26 Å². The first-order chi connectivity index (χ1) is 27.9. The van der Waals surface area contributed by atoms with Gasteiger partial charge in [0.15, 0.2) is 28.5 Å². The normalized spacial score (nSPS) is 32.6. The monoisotopic (exact) mass is 805 g/mol. The second-order valence-electron chi connectivity index (χ2n) is 17.0. The Morgan fingerprint density at radius 1 is 1.16 bits per heavy atom. The lowest BCUT2D eigenvalue weighted by atomic mass is 9.72. The minimum absolute atomic E-state index is 0.0551. The number of esters is 2. The van der Waals surface area contributed by atoms with Crippen LogP contribution >= 0.6 is 11.8 Å². The van der Waals surface area contributed by atoms with E-state index in [-0.39, 0.29) is 37.5 Å². The third kappa shape index (κ3) is 4.31. The third-order valence-electron chi connectivity index (χ3n) is 14.0. The van der Waals surface area contributed by atoms with Crippen molar-refractivity contribution >= 4 is 34.7 Å². The van der Waals surface area contributed by atoms with E-state index >= 15 is 4.79 Å². The summed E-state index contributed by atoms with van der Waals surface area (Å²) in [6, 6.07) is 10.6. The molecule has 0 amide bonds. The number of methoxy groups -OCH3 is 1. The van der Waals surface area contributed by atoms with Crippen LogP contribution in [-0.4, -0.2) is 83.8 Å². The number of nitrogens with two attached hydrogens (primary N) is 1. The molecule has 58 heavy (non-hydrogen) atoms. The predicted octanol–water partition coefficient (Wildman–Crippen LogP) is 4.79. The zero-order valence-corrected chi connectivity index (χ0v) is 33.6. The molecule has 8 aliphatic heterocycles. The van der Waals surface area contributed by atoms with E-state index < -0.39 is 51.9 Å². The summed E-state index contributed by atoms with van der Waals surface area (Å²) in [6.07, 6.45) is 0.984. The Morgan fingerprint density at radius 2 is 1.95 bits per heavy atom. The highest BCUT2D eigenvalue weighted by atomic mass is 32.2. The minimum atomic E-state index is -1.46. The molecule has 1 aromatic heterocycles. The summed E-state index contributed by atoms with van der Waals surface area (Å²) >= 11 is 1.51. The molecule has 0 aliphatic carbocycles. The number of benzene rings is 3. The van der Waals surface area contributed by atoms with Crippen molar-refractivity contribution < 1.29 is 42.8 Å². The maximum atomic E-state index is 15.1. The highest BCUT2D eigenvalue weighted by Crippen LogP contribution is 2.71. The molecule has 9 heterocycles. The van der Waals surface area contributed by atoms with Crippen LogP contribution in [0, 0.1) is 25.2 Å². The van der Waals surface area contributed by atoms with Crippen LogP contribution < -0.4 is 30.0 Å². The van der Waals surface area contributed by atoms with Gasteiger partial charge in [0.25, 0.3) is 0 Å². The van der Waals surface area contributed by atoms with E-state index in [0.29, 0.717) is 70.4 Å². The molecule has 4 bridgehead atoms. The molecule has 14 nitrogen and oxygen atoms in total. The molecule has 300 valence electrons. The van der Waals surface area contributed by atoms with Crippen LogP contribution in [0.1, 0.15) is 82.3 Å². The van der Waals surface area contributed by atoms with Crippen molar-refractivity contribution in [2.75, 3.05) is 39.4 Å². The van der Waals surface area contributed by atoms with Gasteiger partial charge in [0, 0.05) is 83.0 Å². The molecule has 15 heteroatoms. The molecular weight excluding hydrogens is 763 g/mol. The lowest BCUT2D eigenvalue weighted by Gasteiger charge is -2.58. The number of aryl methyl sites for hydroxylation is 1. The number of hydrogen-bond acceptors (Lipinski definition) is 15. The summed E-state index contributed by atoms with van der Waals surface area (Å²) < 4.78 is 37.6. The molecule has 1 spiro atoms. The number of carbonyl (C=O) groups is 2.